The molecule has 0 heterocycles. The third-order valence-corrected chi connectivity index (χ3v) is 3.97. The molecule has 0 saturated carbocycles. The second-order valence-electron chi connectivity index (χ2n) is 4.48. The Morgan fingerprint density at radius 2 is 1.70 bits per heavy atom. The van der Waals surface area contributed by atoms with E-state index in [9.17, 15) is 8.42 Å². The van der Waals surface area contributed by atoms with Crippen LogP contribution >= 0.6 is 0 Å². The quantitative estimate of drug-likeness (QED) is 0.831. The molecule has 0 aliphatic carbocycles. The fourth-order valence-electron chi connectivity index (χ4n) is 1.98. The van der Waals surface area contributed by atoms with Crippen molar-refractivity contribution in [1.82, 2.24) is 0 Å². The fourth-order valence-corrected chi connectivity index (χ4v) is 2.46. The third-order valence-electron chi connectivity index (χ3n) is 3.10. The first-order chi connectivity index (χ1) is 9.50. The number of para-hydroxylation sites is 1. The van der Waals surface area contributed by atoms with Crippen LogP contribution in [-0.4, -0.2) is 13.0 Å². The number of aryl methyl sites for hydroxylation is 1. The average Bonchev–Trinajstić information content (AvgIpc) is 2.45. The molecule has 0 radical (unpaired) electrons. The monoisotopic (exact) mass is 291 g/mol. The summed E-state index contributed by atoms with van der Waals surface area (Å²) in [5.74, 6) is 0. The number of benzene rings is 2. The highest BCUT2D eigenvalue weighted by Gasteiger charge is 2.08. The highest BCUT2D eigenvalue weighted by molar-refractivity contribution is 7.85. The van der Waals surface area contributed by atoms with Crippen LogP contribution in [0.15, 0.2) is 53.4 Å². The van der Waals surface area contributed by atoms with Crippen molar-refractivity contribution in [2.75, 3.05) is 5.32 Å². The van der Waals surface area contributed by atoms with E-state index in [0.29, 0.717) is 6.54 Å². The maximum atomic E-state index is 10.9. The summed E-state index contributed by atoms with van der Waals surface area (Å²) in [6.07, 6.45) is 0.949. The lowest BCUT2D eigenvalue weighted by atomic mass is 10.1. The molecule has 0 bridgehead atoms. The first-order valence-corrected chi connectivity index (χ1v) is 7.83. The standard InChI is InChI=1S/C15H17NO3S/c1-2-13-5-3-4-6-15(13)16-11-12-7-9-14(10-8-12)20(17,18)19/h3-10,16H,2,11H2,1H3,(H,17,18,19). The maximum absolute atomic E-state index is 10.9. The van der Waals surface area contributed by atoms with Crippen LogP contribution in [-0.2, 0) is 23.1 Å². The molecule has 2 aromatic rings. The van der Waals surface area contributed by atoms with Crippen molar-refractivity contribution in [3.8, 4) is 0 Å². The van der Waals surface area contributed by atoms with Gasteiger partial charge in [0.1, 0.15) is 0 Å². The van der Waals surface area contributed by atoms with Crippen molar-refractivity contribution < 1.29 is 13.0 Å². The van der Waals surface area contributed by atoms with Gasteiger partial charge in [-0.25, -0.2) is 0 Å². The van der Waals surface area contributed by atoms with Gasteiger partial charge in [0.05, 0.1) is 4.90 Å². The fraction of sp³-hybridized carbons (Fsp3) is 0.200. The molecule has 106 valence electrons. The molecule has 0 fully saturated rings. The van der Waals surface area contributed by atoms with E-state index < -0.39 is 10.1 Å². The van der Waals surface area contributed by atoms with E-state index in [0.717, 1.165) is 17.7 Å². The molecule has 2 rings (SSSR count). The van der Waals surface area contributed by atoms with Gasteiger partial charge in [-0.2, -0.15) is 8.42 Å². The van der Waals surface area contributed by atoms with Crippen LogP contribution in [0.25, 0.3) is 0 Å². The maximum Gasteiger partial charge on any atom is 0.294 e. The average molecular weight is 291 g/mol. The SMILES string of the molecule is CCc1ccccc1NCc1ccc(S(=O)(=O)O)cc1. The lowest BCUT2D eigenvalue weighted by Crippen LogP contribution is -2.03. The first-order valence-electron chi connectivity index (χ1n) is 6.39. The smallest absolute Gasteiger partial charge is 0.294 e. The predicted molar refractivity (Wildman–Crippen MR) is 79.4 cm³/mol. The number of hydrogen-bond donors (Lipinski definition) is 2. The molecule has 0 aliphatic heterocycles. The zero-order chi connectivity index (χ0) is 14.6. The van der Waals surface area contributed by atoms with Crippen molar-refractivity contribution in [3.63, 3.8) is 0 Å². The van der Waals surface area contributed by atoms with Crippen LogP contribution in [0.5, 0.6) is 0 Å². The Morgan fingerprint density at radius 1 is 1.05 bits per heavy atom. The van der Waals surface area contributed by atoms with Gasteiger partial charge in [-0.15, -0.1) is 0 Å². The van der Waals surface area contributed by atoms with Crippen molar-refractivity contribution in [2.45, 2.75) is 24.8 Å². The summed E-state index contributed by atoms with van der Waals surface area (Å²) in [6, 6.07) is 14.2. The molecule has 0 atom stereocenters. The highest BCUT2D eigenvalue weighted by Crippen LogP contribution is 2.17. The van der Waals surface area contributed by atoms with Crippen LogP contribution in [0.3, 0.4) is 0 Å². The normalized spacial score (nSPS) is 11.3. The largest absolute Gasteiger partial charge is 0.381 e. The zero-order valence-electron chi connectivity index (χ0n) is 11.2. The summed E-state index contributed by atoms with van der Waals surface area (Å²) >= 11 is 0. The molecule has 0 spiro atoms. The van der Waals surface area contributed by atoms with Gasteiger partial charge in [-0.3, -0.25) is 4.55 Å². The highest BCUT2D eigenvalue weighted by atomic mass is 32.2. The molecule has 4 nitrogen and oxygen atoms in total. The van der Waals surface area contributed by atoms with Gasteiger partial charge in [-0.1, -0.05) is 37.3 Å². The Kier molecular flexibility index (Phi) is 4.42. The molecule has 0 saturated heterocycles. The van der Waals surface area contributed by atoms with Crippen LogP contribution in [0, 0.1) is 0 Å². The molecule has 0 amide bonds. The Balaban J connectivity index is 2.08. The second kappa shape index (κ2) is 6.07. The van der Waals surface area contributed by atoms with Crippen LogP contribution in [0.4, 0.5) is 5.69 Å². The topological polar surface area (TPSA) is 66.4 Å². The van der Waals surface area contributed by atoms with Crippen molar-refractivity contribution >= 4 is 15.8 Å². The van der Waals surface area contributed by atoms with Gasteiger partial charge in [0, 0.05) is 12.2 Å². The lowest BCUT2D eigenvalue weighted by Gasteiger charge is -2.11. The molecular weight excluding hydrogens is 274 g/mol. The lowest BCUT2D eigenvalue weighted by molar-refractivity contribution is 0.483. The van der Waals surface area contributed by atoms with Gasteiger partial charge in [0.2, 0.25) is 0 Å². The summed E-state index contributed by atoms with van der Waals surface area (Å²) in [6.45, 7) is 2.70. The molecule has 0 unspecified atom stereocenters. The van der Waals surface area contributed by atoms with Gasteiger partial charge in [0.15, 0.2) is 0 Å². The minimum absolute atomic E-state index is 0.0878. The molecule has 0 aromatic heterocycles. The number of rotatable bonds is 5. The van der Waals surface area contributed by atoms with Gasteiger partial charge < -0.3 is 5.32 Å². The summed E-state index contributed by atoms with van der Waals surface area (Å²) in [4.78, 5) is -0.0878. The van der Waals surface area contributed by atoms with E-state index in [4.69, 9.17) is 4.55 Å². The third kappa shape index (κ3) is 3.59. The molecular formula is C15H17NO3S. The van der Waals surface area contributed by atoms with E-state index in [1.165, 1.54) is 17.7 Å². The summed E-state index contributed by atoms with van der Waals surface area (Å²) < 4.78 is 30.8. The molecule has 2 N–H and O–H groups in total. The molecule has 2 aromatic carbocycles. The van der Waals surface area contributed by atoms with Crippen LogP contribution < -0.4 is 5.32 Å². The van der Waals surface area contributed by atoms with Crippen molar-refractivity contribution in [2.24, 2.45) is 0 Å². The van der Waals surface area contributed by atoms with E-state index in [1.54, 1.807) is 12.1 Å². The van der Waals surface area contributed by atoms with E-state index in [1.807, 2.05) is 18.2 Å². The molecule has 20 heavy (non-hydrogen) atoms. The van der Waals surface area contributed by atoms with Crippen LogP contribution in [0.1, 0.15) is 18.1 Å². The van der Waals surface area contributed by atoms with E-state index in [2.05, 4.69) is 18.3 Å². The number of anilines is 1. The summed E-state index contributed by atoms with van der Waals surface area (Å²) in [5, 5.41) is 3.33. The minimum atomic E-state index is -4.12. The number of hydrogen-bond acceptors (Lipinski definition) is 3. The van der Waals surface area contributed by atoms with Crippen molar-refractivity contribution in [3.05, 3.63) is 59.7 Å². The predicted octanol–water partition coefficient (Wildman–Crippen LogP) is 3.11. The molecule has 0 aliphatic rings. The first kappa shape index (κ1) is 14.6. The van der Waals surface area contributed by atoms with E-state index in [-0.39, 0.29) is 4.90 Å². The van der Waals surface area contributed by atoms with Gasteiger partial charge in [-0.05, 0) is 35.7 Å². The van der Waals surface area contributed by atoms with Crippen molar-refractivity contribution in [1.29, 1.82) is 0 Å². The van der Waals surface area contributed by atoms with Gasteiger partial charge in [0.25, 0.3) is 10.1 Å². The minimum Gasteiger partial charge on any atom is -0.381 e. The molecule has 5 heteroatoms. The van der Waals surface area contributed by atoms with E-state index >= 15 is 0 Å². The zero-order valence-corrected chi connectivity index (χ0v) is 12.0. The van der Waals surface area contributed by atoms with Crippen LogP contribution in [0.2, 0.25) is 0 Å². The van der Waals surface area contributed by atoms with Gasteiger partial charge >= 0.3 is 0 Å². The summed E-state index contributed by atoms with van der Waals surface area (Å²) in [5.41, 5.74) is 3.26. The Morgan fingerprint density at radius 3 is 2.30 bits per heavy atom. The summed E-state index contributed by atoms with van der Waals surface area (Å²) in [7, 11) is -4.12. The Bertz CT molecular complexity index is 679. The Hall–Kier alpha value is -1.85. The Labute approximate surface area is 119 Å². The number of nitrogens with one attached hydrogen (secondary N) is 1. The second-order valence-corrected chi connectivity index (χ2v) is 5.90.